The fourth-order valence-corrected chi connectivity index (χ4v) is 2.41. The van der Waals surface area contributed by atoms with E-state index in [9.17, 15) is 0 Å². The highest BCUT2D eigenvalue weighted by Gasteiger charge is 2.10. The van der Waals surface area contributed by atoms with Gasteiger partial charge in [0.2, 0.25) is 5.88 Å². The maximum atomic E-state index is 8.93. The maximum Gasteiger partial charge on any atom is 0.233 e. The smallest absolute Gasteiger partial charge is 0.233 e. The molecule has 19 heavy (non-hydrogen) atoms. The highest BCUT2D eigenvalue weighted by atomic mass is 79.9. The summed E-state index contributed by atoms with van der Waals surface area (Å²) in [6, 6.07) is 7.71. The van der Waals surface area contributed by atoms with E-state index in [-0.39, 0.29) is 0 Å². The Labute approximate surface area is 121 Å². The van der Waals surface area contributed by atoms with Gasteiger partial charge in [-0.3, -0.25) is 0 Å². The molecule has 0 saturated heterocycles. The Balaban J connectivity index is 2.41. The van der Waals surface area contributed by atoms with Crippen LogP contribution in [0.3, 0.4) is 0 Å². The zero-order valence-corrected chi connectivity index (χ0v) is 12.6. The van der Waals surface area contributed by atoms with Crippen molar-refractivity contribution in [2.75, 3.05) is 0 Å². The number of halogens is 1. The SMILES string of the molecule is Cc1cnc(Oc2c(C)cc(C#N)cc2C)c(Br)c1. The molecule has 0 radical (unpaired) electrons. The normalized spacial score (nSPS) is 10.1. The highest BCUT2D eigenvalue weighted by molar-refractivity contribution is 9.10. The summed E-state index contributed by atoms with van der Waals surface area (Å²) in [5.41, 5.74) is 3.54. The van der Waals surface area contributed by atoms with E-state index in [2.05, 4.69) is 27.0 Å². The molecule has 2 aromatic rings. The molecule has 0 fully saturated rings. The molecular weight excluding hydrogens is 304 g/mol. The van der Waals surface area contributed by atoms with Crippen molar-refractivity contribution in [3.05, 3.63) is 51.1 Å². The molecule has 0 unspecified atom stereocenters. The first-order valence-electron chi connectivity index (χ1n) is 5.82. The van der Waals surface area contributed by atoms with Crippen LogP contribution in [-0.2, 0) is 0 Å². The van der Waals surface area contributed by atoms with Gasteiger partial charge in [-0.1, -0.05) is 0 Å². The lowest BCUT2D eigenvalue weighted by Crippen LogP contribution is -1.95. The van der Waals surface area contributed by atoms with Gasteiger partial charge in [-0.2, -0.15) is 5.26 Å². The zero-order valence-electron chi connectivity index (χ0n) is 11.0. The van der Waals surface area contributed by atoms with Gasteiger partial charge >= 0.3 is 0 Å². The average Bonchev–Trinajstić information content (AvgIpc) is 2.35. The molecule has 0 aliphatic rings. The van der Waals surface area contributed by atoms with E-state index < -0.39 is 0 Å². The number of ether oxygens (including phenoxy) is 1. The van der Waals surface area contributed by atoms with E-state index >= 15 is 0 Å². The minimum atomic E-state index is 0.529. The summed E-state index contributed by atoms with van der Waals surface area (Å²) in [5, 5.41) is 8.93. The molecule has 2 rings (SSSR count). The van der Waals surface area contributed by atoms with Gasteiger partial charge in [-0.25, -0.2) is 4.98 Å². The first-order chi connectivity index (χ1) is 9.01. The summed E-state index contributed by atoms with van der Waals surface area (Å²) in [5.74, 6) is 1.28. The van der Waals surface area contributed by atoms with Crippen LogP contribution < -0.4 is 4.74 Å². The van der Waals surface area contributed by atoms with Crippen LogP contribution >= 0.6 is 15.9 Å². The minimum Gasteiger partial charge on any atom is -0.437 e. The number of aryl methyl sites for hydroxylation is 3. The molecule has 0 N–H and O–H groups in total. The first kappa shape index (κ1) is 13.6. The van der Waals surface area contributed by atoms with Crippen LogP contribution in [0.2, 0.25) is 0 Å². The van der Waals surface area contributed by atoms with Crippen molar-refractivity contribution in [3.63, 3.8) is 0 Å². The molecule has 96 valence electrons. The zero-order chi connectivity index (χ0) is 14.0. The molecule has 0 aliphatic heterocycles. The number of hydrogen-bond acceptors (Lipinski definition) is 3. The third-order valence-corrected chi connectivity index (χ3v) is 3.30. The summed E-state index contributed by atoms with van der Waals surface area (Å²) >= 11 is 3.44. The van der Waals surface area contributed by atoms with Crippen LogP contribution in [0, 0.1) is 32.1 Å². The van der Waals surface area contributed by atoms with Crippen molar-refractivity contribution in [3.8, 4) is 17.7 Å². The molecule has 0 bridgehead atoms. The molecule has 0 saturated carbocycles. The Morgan fingerprint density at radius 1 is 1.16 bits per heavy atom. The second-order valence-electron chi connectivity index (χ2n) is 4.45. The van der Waals surface area contributed by atoms with Crippen molar-refractivity contribution in [2.24, 2.45) is 0 Å². The number of nitriles is 1. The predicted octanol–water partition coefficient (Wildman–Crippen LogP) is 4.43. The van der Waals surface area contributed by atoms with Gasteiger partial charge < -0.3 is 4.74 Å². The molecule has 0 aliphatic carbocycles. The average molecular weight is 317 g/mol. The summed E-state index contributed by atoms with van der Waals surface area (Å²) in [4.78, 5) is 4.26. The Kier molecular flexibility index (Phi) is 3.87. The monoisotopic (exact) mass is 316 g/mol. The Morgan fingerprint density at radius 3 is 2.32 bits per heavy atom. The fourth-order valence-electron chi connectivity index (χ4n) is 1.87. The van der Waals surface area contributed by atoms with E-state index in [1.54, 1.807) is 6.20 Å². The molecule has 0 amide bonds. The summed E-state index contributed by atoms with van der Waals surface area (Å²) in [7, 11) is 0. The molecule has 1 heterocycles. The number of benzene rings is 1. The molecule has 0 spiro atoms. The maximum absolute atomic E-state index is 8.93. The van der Waals surface area contributed by atoms with Crippen molar-refractivity contribution in [1.82, 2.24) is 4.98 Å². The van der Waals surface area contributed by atoms with Crippen LogP contribution in [-0.4, -0.2) is 4.98 Å². The predicted molar refractivity (Wildman–Crippen MR) is 77.4 cm³/mol. The first-order valence-corrected chi connectivity index (χ1v) is 6.62. The quantitative estimate of drug-likeness (QED) is 0.823. The van der Waals surface area contributed by atoms with Gasteiger partial charge in [0, 0.05) is 6.20 Å². The van der Waals surface area contributed by atoms with Crippen LogP contribution in [0.25, 0.3) is 0 Å². The standard InChI is InChI=1S/C15H13BrN2O/c1-9-4-13(16)15(18-8-9)19-14-10(2)5-12(7-17)6-11(14)3/h4-6,8H,1-3H3. The lowest BCUT2D eigenvalue weighted by Gasteiger charge is -2.12. The van der Waals surface area contributed by atoms with Crippen LogP contribution in [0.1, 0.15) is 22.3 Å². The molecule has 3 nitrogen and oxygen atoms in total. The molecule has 0 atom stereocenters. The van der Waals surface area contributed by atoms with Crippen molar-refractivity contribution >= 4 is 15.9 Å². The van der Waals surface area contributed by atoms with Crippen molar-refractivity contribution in [1.29, 1.82) is 5.26 Å². The number of nitrogens with zero attached hydrogens (tertiary/aromatic N) is 2. The lowest BCUT2D eigenvalue weighted by molar-refractivity contribution is 0.452. The van der Waals surface area contributed by atoms with Crippen LogP contribution in [0.5, 0.6) is 11.6 Å². The van der Waals surface area contributed by atoms with E-state index in [0.717, 1.165) is 26.9 Å². The topological polar surface area (TPSA) is 45.9 Å². The number of aromatic nitrogens is 1. The van der Waals surface area contributed by atoms with E-state index in [4.69, 9.17) is 10.00 Å². The number of pyridine rings is 1. The minimum absolute atomic E-state index is 0.529. The molecule has 1 aromatic carbocycles. The second-order valence-corrected chi connectivity index (χ2v) is 5.31. The summed E-state index contributed by atoms with van der Waals surface area (Å²) in [6.45, 7) is 5.82. The van der Waals surface area contributed by atoms with Gasteiger partial charge in [0.25, 0.3) is 0 Å². The van der Waals surface area contributed by atoms with E-state index in [1.807, 2.05) is 39.0 Å². The lowest BCUT2D eigenvalue weighted by atomic mass is 10.1. The number of rotatable bonds is 2. The van der Waals surface area contributed by atoms with Crippen molar-refractivity contribution in [2.45, 2.75) is 20.8 Å². The van der Waals surface area contributed by atoms with Gasteiger partial charge in [0.05, 0.1) is 16.1 Å². The number of hydrogen-bond donors (Lipinski definition) is 0. The van der Waals surface area contributed by atoms with Crippen molar-refractivity contribution < 1.29 is 4.74 Å². The Morgan fingerprint density at radius 2 is 1.79 bits per heavy atom. The van der Waals surface area contributed by atoms with Gasteiger partial charge in [-0.05, 0) is 71.6 Å². The fraction of sp³-hybridized carbons (Fsp3) is 0.200. The Hall–Kier alpha value is -1.86. The summed E-state index contributed by atoms with van der Waals surface area (Å²) in [6.07, 6.45) is 1.76. The molecule has 4 heteroatoms. The third kappa shape index (κ3) is 2.94. The van der Waals surface area contributed by atoms with E-state index in [0.29, 0.717) is 11.4 Å². The van der Waals surface area contributed by atoms with Crippen LogP contribution in [0.15, 0.2) is 28.9 Å². The van der Waals surface area contributed by atoms with Gasteiger partial charge in [0.1, 0.15) is 5.75 Å². The second kappa shape index (κ2) is 5.41. The van der Waals surface area contributed by atoms with Gasteiger partial charge in [-0.15, -0.1) is 0 Å². The highest BCUT2D eigenvalue weighted by Crippen LogP contribution is 2.32. The third-order valence-electron chi connectivity index (χ3n) is 2.73. The molecular formula is C15H13BrN2O. The van der Waals surface area contributed by atoms with E-state index in [1.165, 1.54) is 0 Å². The summed E-state index contributed by atoms with van der Waals surface area (Å²) < 4.78 is 6.67. The largest absolute Gasteiger partial charge is 0.437 e. The van der Waals surface area contributed by atoms with Gasteiger partial charge in [0.15, 0.2) is 0 Å². The Bertz CT molecular complexity index is 651. The molecule has 1 aromatic heterocycles. The van der Waals surface area contributed by atoms with Crippen LogP contribution in [0.4, 0.5) is 0 Å².